The van der Waals surface area contributed by atoms with Crippen LogP contribution in [-0.4, -0.2) is 81.9 Å². The van der Waals surface area contributed by atoms with Crippen LogP contribution in [0.25, 0.3) is 11.4 Å². The molecule has 0 fully saturated rings. The third-order valence-electron chi connectivity index (χ3n) is 5.18. The smallest absolute Gasteiger partial charge is 0.434 e. The van der Waals surface area contributed by atoms with Gasteiger partial charge in [-0.1, -0.05) is 0 Å². The van der Waals surface area contributed by atoms with E-state index in [9.17, 15) is 19.2 Å². The second-order valence-corrected chi connectivity index (χ2v) is 13.8. The Morgan fingerprint density at radius 1 is 0.610 bits per heavy atom. The molecule has 0 atom stereocenters. The van der Waals surface area contributed by atoms with E-state index in [0.717, 1.165) is 0 Å². The van der Waals surface area contributed by atoms with Crippen LogP contribution in [0.2, 0.25) is 0 Å². The summed E-state index contributed by atoms with van der Waals surface area (Å²) in [6, 6.07) is 3.58. The predicted octanol–water partition coefficient (Wildman–Crippen LogP) is 7.20. The predicted molar refractivity (Wildman–Crippen MR) is 170 cm³/mol. The van der Waals surface area contributed by atoms with Crippen molar-refractivity contribution < 1.29 is 38.1 Å². The topological polar surface area (TPSA) is 118 Å². The quantitative estimate of drug-likeness (QED) is 0.219. The van der Waals surface area contributed by atoms with Gasteiger partial charge in [-0.25, -0.2) is 29.2 Å². The standard InChI is InChI=1S/C26H34I2N4O8S/c1-13(2)37-23(33)29-11-17(27)21(31(29)25(35)39-15(5)6)19-9-10-20(41-19)22-18(28)12-30(24(34)38-14(3)4)32(22)26(36)40-16(7)8/h9-10,13-16H,11-12H2,1-8H3. The molecule has 12 nitrogen and oxygen atoms in total. The van der Waals surface area contributed by atoms with Crippen LogP contribution in [0.15, 0.2) is 19.3 Å². The van der Waals surface area contributed by atoms with Crippen LogP contribution in [0, 0.1) is 0 Å². The summed E-state index contributed by atoms with van der Waals surface area (Å²) in [5, 5.41) is 4.78. The lowest BCUT2D eigenvalue weighted by atomic mass is 10.3. The number of halogens is 2. The van der Waals surface area contributed by atoms with Gasteiger partial charge in [0.15, 0.2) is 0 Å². The van der Waals surface area contributed by atoms with E-state index in [2.05, 4.69) is 45.2 Å². The lowest BCUT2D eigenvalue weighted by Gasteiger charge is -2.30. The highest BCUT2D eigenvalue weighted by Gasteiger charge is 2.43. The fourth-order valence-electron chi connectivity index (χ4n) is 3.79. The molecule has 1 aromatic rings. The number of ether oxygens (including phenoxy) is 4. The van der Waals surface area contributed by atoms with Gasteiger partial charge in [-0.2, -0.15) is 10.0 Å². The Labute approximate surface area is 270 Å². The molecule has 4 amide bonds. The first-order valence-corrected chi connectivity index (χ1v) is 15.9. The van der Waals surface area contributed by atoms with Crippen molar-refractivity contribution >= 4 is 92.3 Å². The van der Waals surface area contributed by atoms with Crippen LogP contribution in [0.1, 0.15) is 65.1 Å². The van der Waals surface area contributed by atoms with Crippen LogP contribution in [0.3, 0.4) is 0 Å². The Kier molecular flexibility index (Phi) is 11.2. The minimum absolute atomic E-state index is 0.115. The minimum atomic E-state index is -0.725. The fraction of sp³-hybridized carbons (Fsp3) is 0.538. The largest absolute Gasteiger partial charge is 0.445 e. The molecule has 3 heterocycles. The molecular weight excluding hydrogens is 782 g/mol. The zero-order valence-corrected chi connectivity index (χ0v) is 29.2. The van der Waals surface area contributed by atoms with E-state index in [-0.39, 0.29) is 25.3 Å². The summed E-state index contributed by atoms with van der Waals surface area (Å²) >= 11 is 5.48. The van der Waals surface area contributed by atoms with E-state index in [1.54, 1.807) is 67.5 Å². The maximum absolute atomic E-state index is 13.2. The van der Waals surface area contributed by atoms with Crippen LogP contribution < -0.4 is 0 Å². The van der Waals surface area contributed by atoms with Crippen molar-refractivity contribution in [1.29, 1.82) is 0 Å². The van der Waals surface area contributed by atoms with Crippen molar-refractivity contribution in [2.75, 3.05) is 13.1 Å². The van der Waals surface area contributed by atoms with E-state index in [1.165, 1.54) is 31.4 Å². The van der Waals surface area contributed by atoms with Gasteiger partial charge < -0.3 is 18.9 Å². The van der Waals surface area contributed by atoms with Crippen LogP contribution in [0.4, 0.5) is 19.2 Å². The van der Waals surface area contributed by atoms with E-state index in [4.69, 9.17) is 18.9 Å². The molecule has 226 valence electrons. The Hall–Kier alpha value is -2.28. The first-order chi connectivity index (χ1) is 19.1. The van der Waals surface area contributed by atoms with E-state index >= 15 is 0 Å². The number of carbonyl (C=O) groups is 4. The maximum Gasteiger partial charge on any atom is 0.434 e. The average molecular weight is 816 g/mol. The number of hydrazine groups is 2. The molecular formula is C26H34I2N4O8S. The van der Waals surface area contributed by atoms with Gasteiger partial charge in [0.05, 0.1) is 58.7 Å². The number of thiophene rings is 1. The van der Waals surface area contributed by atoms with Gasteiger partial charge in [-0.3, -0.25) is 0 Å². The molecule has 0 unspecified atom stereocenters. The molecule has 2 aliphatic rings. The van der Waals surface area contributed by atoms with Gasteiger partial charge in [0, 0.05) is 7.16 Å². The molecule has 15 heteroatoms. The molecule has 0 radical (unpaired) electrons. The van der Waals surface area contributed by atoms with Gasteiger partial charge in [0.1, 0.15) is 0 Å². The Morgan fingerprint density at radius 3 is 1.20 bits per heavy atom. The van der Waals surface area contributed by atoms with Crippen molar-refractivity contribution in [3.05, 3.63) is 29.0 Å². The zero-order valence-electron chi connectivity index (χ0n) is 24.1. The van der Waals surface area contributed by atoms with Crippen molar-refractivity contribution in [3.8, 4) is 0 Å². The summed E-state index contributed by atoms with van der Waals surface area (Å²) in [5.41, 5.74) is 0.934. The molecule has 0 aliphatic carbocycles. The normalized spacial score (nSPS) is 15.8. The zero-order chi connectivity index (χ0) is 30.8. The Morgan fingerprint density at radius 2 is 0.902 bits per heavy atom. The summed E-state index contributed by atoms with van der Waals surface area (Å²) in [5.74, 6) is 0. The van der Waals surface area contributed by atoms with Gasteiger partial charge in [-0.15, -0.1) is 11.3 Å². The average Bonchev–Trinajstić information content (AvgIpc) is 3.52. The fourth-order valence-corrected chi connectivity index (χ4v) is 6.97. The Balaban J connectivity index is 2.03. The number of hydrogen-bond acceptors (Lipinski definition) is 9. The van der Waals surface area contributed by atoms with Crippen LogP contribution >= 0.6 is 56.5 Å². The lowest BCUT2D eigenvalue weighted by molar-refractivity contribution is 0.00455. The molecule has 0 aromatic carbocycles. The van der Waals surface area contributed by atoms with Crippen LogP contribution in [0.5, 0.6) is 0 Å². The highest BCUT2D eigenvalue weighted by molar-refractivity contribution is 14.1. The molecule has 0 saturated heterocycles. The number of nitrogens with zero attached hydrogens (tertiary/aromatic N) is 4. The third-order valence-corrected chi connectivity index (χ3v) is 7.99. The third kappa shape index (κ3) is 7.77. The molecule has 3 rings (SSSR count). The van der Waals surface area contributed by atoms with Gasteiger partial charge in [0.25, 0.3) is 0 Å². The van der Waals surface area contributed by atoms with E-state index in [0.29, 0.717) is 28.3 Å². The lowest BCUT2D eigenvalue weighted by Crippen LogP contribution is -2.46. The van der Waals surface area contributed by atoms with Gasteiger partial charge in [0.2, 0.25) is 0 Å². The summed E-state index contributed by atoms with van der Waals surface area (Å²) < 4.78 is 23.1. The van der Waals surface area contributed by atoms with Crippen molar-refractivity contribution in [2.24, 2.45) is 0 Å². The number of hydrogen-bond donors (Lipinski definition) is 0. The van der Waals surface area contributed by atoms with Crippen molar-refractivity contribution in [2.45, 2.75) is 79.8 Å². The second-order valence-electron chi connectivity index (χ2n) is 10.1. The molecule has 0 bridgehead atoms. The molecule has 0 N–H and O–H groups in total. The highest BCUT2D eigenvalue weighted by atomic mass is 127. The molecule has 2 aliphatic heterocycles. The van der Waals surface area contributed by atoms with Gasteiger partial charge in [-0.05, 0) is 113 Å². The SMILES string of the molecule is CC(C)OC(=O)N1CC(I)=C(c2ccc(C3=C(I)CN(C(=O)OC(C)C)N3C(=O)OC(C)C)s2)N1C(=O)OC(C)C. The molecule has 41 heavy (non-hydrogen) atoms. The number of carbonyl (C=O) groups excluding carboxylic acids is 4. The maximum atomic E-state index is 13.2. The summed E-state index contributed by atoms with van der Waals surface area (Å²) in [7, 11) is 0. The van der Waals surface area contributed by atoms with Gasteiger partial charge >= 0.3 is 24.4 Å². The highest BCUT2D eigenvalue weighted by Crippen LogP contribution is 2.44. The van der Waals surface area contributed by atoms with E-state index in [1.807, 2.05) is 0 Å². The van der Waals surface area contributed by atoms with Crippen molar-refractivity contribution in [3.63, 3.8) is 0 Å². The number of rotatable bonds is 6. The monoisotopic (exact) mass is 816 g/mol. The van der Waals surface area contributed by atoms with Crippen LogP contribution in [-0.2, 0) is 18.9 Å². The summed E-state index contributed by atoms with van der Waals surface area (Å²) in [4.78, 5) is 53.6. The molecule has 0 spiro atoms. The second kappa shape index (κ2) is 13.8. The first-order valence-electron chi connectivity index (χ1n) is 13.0. The minimum Gasteiger partial charge on any atom is -0.445 e. The first kappa shape index (κ1) is 33.2. The van der Waals surface area contributed by atoms with E-state index < -0.39 is 36.6 Å². The van der Waals surface area contributed by atoms with Crippen molar-refractivity contribution in [1.82, 2.24) is 20.0 Å². The summed E-state index contributed by atoms with van der Waals surface area (Å²) in [6.07, 6.45) is -4.45. The molecule has 0 saturated carbocycles. The Bertz CT molecular complexity index is 1170. The summed E-state index contributed by atoms with van der Waals surface area (Å²) in [6.45, 7) is 14.0. The molecule has 1 aromatic heterocycles. The number of amides is 4.